The van der Waals surface area contributed by atoms with E-state index in [2.05, 4.69) is 15.0 Å². The summed E-state index contributed by atoms with van der Waals surface area (Å²) in [6.07, 6.45) is -0.422. The number of aliphatic carboxylic acids is 1. The highest BCUT2D eigenvalue weighted by Crippen LogP contribution is 2.17. The average molecular weight is 286 g/mol. The molecule has 0 bridgehead atoms. The summed E-state index contributed by atoms with van der Waals surface area (Å²) in [4.78, 5) is 38.4. The van der Waals surface area contributed by atoms with Crippen molar-refractivity contribution < 1.29 is 24.2 Å². The Morgan fingerprint density at radius 1 is 1.42 bits per heavy atom. The van der Waals surface area contributed by atoms with E-state index in [1.807, 2.05) is 0 Å². The van der Waals surface area contributed by atoms with Gasteiger partial charge in [0.05, 0.1) is 24.2 Å². The van der Waals surface area contributed by atoms with Crippen molar-refractivity contribution in [2.75, 3.05) is 7.11 Å². The lowest BCUT2D eigenvalue weighted by molar-refractivity contribution is -0.147. The van der Waals surface area contributed by atoms with Gasteiger partial charge in [-0.1, -0.05) is 0 Å². The van der Waals surface area contributed by atoms with Crippen LogP contribution in [0, 0.1) is 13.8 Å². The number of carboxylic acids is 1. The first kappa shape index (κ1) is 15.1. The normalized spacial score (nSPS) is 11.7. The van der Waals surface area contributed by atoms with Gasteiger partial charge in [0.2, 0.25) is 0 Å². The van der Waals surface area contributed by atoms with Crippen LogP contribution in [-0.2, 0) is 14.3 Å². The summed E-state index contributed by atoms with van der Waals surface area (Å²) in [7, 11) is 1.15. The highest BCUT2D eigenvalue weighted by atomic mass is 32.1. The van der Waals surface area contributed by atoms with Crippen molar-refractivity contribution in [3.8, 4) is 0 Å². The zero-order valence-electron chi connectivity index (χ0n) is 10.7. The van der Waals surface area contributed by atoms with Gasteiger partial charge in [-0.25, -0.2) is 9.78 Å². The Hall–Kier alpha value is -1.96. The fourth-order valence-corrected chi connectivity index (χ4v) is 2.24. The molecule has 0 saturated carbocycles. The Morgan fingerprint density at radius 3 is 2.47 bits per heavy atom. The minimum atomic E-state index is -1.32. The quantitative estimate of drug-likeness (QED) is 0.764. The number of amides is 1. The summed E-state index contributed by atoms with van der Waals surface area (Å²) in [6, 6.07) is -1.32. The van der Waals surface area contributed by atoms with E-state index < -0.39 is 30.3 Å². The van der Waals surface area contributed by atoms with Crippen LogP contribution in [0.4, 0.5) is 0 Å². The second-order valence-electron chi connectivity index (χ2n) is 3.79. The fourth-order valence-electron chi connectivity index (χ4n) is 1.42. The van der Waals surface area contributed by atoms with Crippen molar-refractivity contribution in [3.63, 3.8) is 0 Å². The Kier molecular flexibility index (Phi) is 4.99. The Bertz CT molecular complexity index is 511. The summed E-state index contributed by atoms with van der Waals surface area (Å²) in [5.41, 5.74) is 0.530. The summed E-state index contributed by atoms with van der Waals surface area (Å²) in [5.74, 6) is -2.55. The van der Waals surface area contributed by atoms with Crippen LogP contribution in [0.25, 0.3) is 0 Å². The zero-order valence-corrected chi connectivity index (χ0v) is 11.5. The summed E-state index contributed by atoms with van der Waals surface area (Å²) < 4.78 is 4.38. The maximum absolute atomic E-state index is 11.9. The molecule has 0 saturated heterocycles. The van der Waals surface area contributed by atoms with Gasteiger partial charge in [-0.15, -0.1) is 11.3 Å². The summed E-state index contributed by atoms with van der Waals surface area (Å²) in [5, 5.41) is 11.9. The molecule has 1 aromatic rings. The largest absolute Gasteiger partial charge is 0.480 e. The van der Waals surface area contributed by atoms with Crippen molar-refractivity contribution in [2.24, 2.45) is 0 Å². The minimum Gasteiger partial charge on any atom is -0.480 e. The molecule has 1 atom stereocenters. The van der Waals surface area contributed by atoms with Crippen LogP contribution in [0.1, 0.15) is 26.8 Å². The molecule has 8 heteroatoms. The van der Waals surface area contributed by atoms with Gasteiger partial charge >= 0.3 is 11.9 Å². The third-order valence-electron chi connectivity index (χ3n) is 2.31. The van der Waals surface area contributed by atoms with Crippen LogP contribution < -0.4 is 5.32 Å². The highest BCUT2D eigenvalue weighted by Gasteiger charge is 2.25. The van der Waals surface area contributed by atoms with Crippen LogP contribution in [0.5, 0.6) is 0 Å². The number of ether oxygens (including phenoxy) is 1. The third-order valence-corrected chi connectivity index (χ3v) is 3.38. The van der Waals surface area contributed by atoms with Crippen LogP contribution in [0.3, 0.4) is 0 Å². The zero-order chi connectivity index (χ0) is 14.6. The molecule has 0 aliphatic carbocycles. The molecule has 0 fully saturated rings. The number of aryl methyl sites for hydroxylation is 2. The van der Waals surface area contributed by atoms with Gasteiger partial charge in [0, 0.05) is 0 Å². The van der Waals surface area contributed by atoms with E-state index in [1.54, 1.807) is 13.8 Å². The van der Waals surface area contributed by atoms with E-state index in [0.29, 0.717) is 15.6 Å². The first-order valence-electron chi connectivity index (χ1n) is 5.39. The molecule has 0 unspecified atom stereocenters. The first-order valence-corrected chi connectivity index (χ1v) is 6.21. The molecule has 1 rings (SSSR count). The van der Waals surface area contributed by atoms with Crippen LogP contribution in [0.15, 0.2) is 0 Å². The monoisotopic (exact) mass is 286 g/mol. The smallest absolute Gasteiger partial charge is 0.326 e. The second kappa shape index (κ2) is 6.28. The van der Waals surface area contributed by atoms with Crippen LogP contribution in [0.2, 0.25) is 0 Å². The number of rotatable bonds is 5. The van der Waals surface area contributed by atoms with Crippen molar-refractivity contribution in [3.05, 3.63) is 15.6 Å². The Balaban J connectivity index is 2.79. The van der Waals surface area contributed by atoms with Gasteiger partial charge in [0.1, 0.15) is 10.9 Å². The number of hydrogen-bond donors (Lipinski definition) is 2. The number of aromatic nitrogens is 1. The average Bonchev–Trinajstić information content (AvgIpc) is 2.67. The standard InChI is InChI=1S/C11H14N2O5S/c1-5-9(19-6(2)12-5)10(15)13-7(11(16)17)4-8(14)18-3/h7H,4H2,1-3H3,(H,13,15)(H,16,17)/t7-/m0/s1. The maximum Gasteiger partial charge on any atom is 0.326 e. The predicted molar refractivity (Wildman–Crippen MR) is 67.1 cm³/mol. The topological polar surface area (TPSA) is 106 Å². The minimum absolute atomic E-state index is 0.341. The molecule has 7 nitrogen and oxygen atoms in total. The SMILES string of the molecule is COC(=O)C[C@H](NC(=O)c1sc(C)nc1C)C(=O)O. The lowest BCUT2D eigenvalue weighted by atomic mass is 10.2. The molecule has 2 N–H and O–H groups in total. The number of carbonyl (C=O) groups excluding carboxylic acids is 2. The molecule has 104 valence electrons. The molecule has 0 radical (unpaired) electrons. The molecule has 0 aliphatic heterocycles. The number of nitrogens with one attached hydrogen (secondary N) is 1. The van der Waals surface area contributed by atoms with Crippen molar-refractivity contribution in [2.45, 2.75) is 26.3 Å². The number of thiazole rings is 1. The molecular weight excluding hydrogens is 272 g/mol. The molecule has 1 aromatic heterocycles. The van der Waals surface area contributed by atoms with Gasteiger partial charge < -0.3 is 15.2 Å². The molecule has 1 heterocycles. The van der Waals surface area contributed by atoms with Crippen molar-refractivity contribution in [1.82, 2.24) is 10.3 Å². The van der Waals surface area contributed by atoms with Gasteiger partial charge in [-0.3, -0.25) is 9.59 Å². The van der Waals surface area contributed by atoms with Crippen LogP contribution >= 0.6 is 11.3 Å². The number of nitrogens with zero attached hydrogens (tertiary/aromatic N) is 1. The molecule has 0 spiro atoms. The van der Waals surface area contributed by atoms with E-state index >= 15 is 0 Å². The second-order valence-corrected chi connectivity index (χ2v) is 5.00. The molecule has 0 aromatic carbocycles. The molecule has 0 aliphatic rings. The molecular formula is C11H14N2O5S. The summed E-state index contributed by atoms with van der Waals surface area (Å²) >= 11 is 1.17. The summed E-state index contributed by atoms with van der Waals surface area (Å²) in [6.45, 7) is 3.41. The van der Waals surface area contributed by atoms with Crippen LogP contribution in [-0.4, -0.2) is 41.1 Å². The Labute approximate surface area is 113 Å². The number of esters is 1. The van der Waals surface area contributed by atoms with E-state index in [-0.39, 0.29) is 0 Å². The lowest BCUT2D eigenvalue weighted by Gasteiger charge is -2.12. The molecule has 19 heavy (non-hydrogen) atoms. The maximum atomic E-state index is 11.9. The fraction of sp³-hybridized carbons (Fsp3) is 0.455. The van der Waals surface area contributed by atoms with E-state index in [1.165, 1.54) is 11.3 Å². The van der Waals surface area contributed by atoms with E-state index in [0.717, 1.165) is 7.11 Å². The number of carbonyl (C=O) groups is 3. The number of methoxy groups -OCH3 is 1. The Morgan fingerprint density at radius 2 is 2.05 bits per heavy atom. The highest BCUT2D eigenvalue weighted by molar-refractivity contribution is 7.13. The number of carboxylic acid groups (broad SMARTS) is 1. The van der Waals surface area contributed by atoms with Gasteiger partial charge in [-0.2, -0.15) is 0 Å². The van der Waals surface area contributed by atoms with Gasteiger partial charge in [0.15, 0.2) is 0 Å². The van der Waals surface area contributed by atoms with E-state index in [4.69, 9.17) is 5.11 Å². The van der Waals surface area contributed by atoms with Gasteiger partial charge in [0.25, 0.3) is 5.91 Å². The first-order chi connectivity index (χ1) is 8.85. The third kappa shape index (κ3) is 4.02. The predicted octanol–water partition coefficient (Wildman–Crippen LogP) is 0.506. The van der Waals surface area contributed by atoms with Gasteiger partial charge in [-0.05, 0) is 13.8 Å². The number of hydrogen-bond acceptors (Lipinski definition) is 6. The van der Waals surface area contributed by atoms with Crippen molar-refractivity contribution >= 4 is 29.2 Å². The molecule has 1 amide bonds. The lowest BCUT2D eigenvalue weighted by Crippen LogP contribution is -2.42. The van der Waals surface area contributed by atoms with E-state index in [9.17, 15) is 14.4 Å². The van der Waals surface area contributed by atoms with Crippen molar-refractivity contribution in [1.29, 1.82) is 0 Å².